The van der Waals surface area contributed by atoms with Gasteiger partial charge in [0.2, 0.25) is 0 Å². The van der Waals surface area contributed by atoms with Gasteiger partial charge in [-0.15, -0.1) is 0 Å². The van der Waals surface area contributed by atoms with E-state index in [0.29, 0.717) is 31.4 Å². The summed E-state index contributed by atoms with van der Waals surface area (Å²) in [6.07, 6.45) is 14.1. The Balaban J connectivity index is 4.43. The average molecular weight is 449 g/mol. The number of carbonyl (C=O) groups excluding carboxylic acids is 1. The molecule has 0 saturated carbocycles. The van der Waals surface area contributed by atoms with Gasteiger partial charge in [0.05, 0.1) is 0 Å². The Bertz CT molecular complexity index is 342. The van der Waals surface area contributed by atoms with Gasteiger partial charge in [0.15, 0.2) is 5.12 Å². The normalized spacial score (nSPS) is 11.9. The van der Waals surface area contributed by atoms with Gasteiger partial charge in [-0.2, -0.15) is 0 Å². The first-order valence-electron chi connectivity index (χ1n) is 12.2. The average Bonchev–Trinajstić information content (AvgIpc) is 2.71. The topological polar surface area (TPSA) is 44.8 Å². The highest BCUT2D eigenvalue weighted by Crippen LogP contribution is 2.22. The summed E-state index contributed by atoms with van der Waals surface area (Å²) in [6, 6.07) is 0.820. The fourth-order valence-electron chi connectivity index (χ4n) is 2.88. The predicted octanol–water partition coefficient (Wildman–Crippen LogP) is 7.39. The van der Waals surface area contributed by atoms with E-state index < -0.39 is 8.80 Å². The highest BCUT2D eigenvalue weighted by molar-refractivity contribution is 8.13. The monoisotopic (exact) mass is 448 g/mol. The Morgan fingerprint density at radius 3 is 1.62 bits per heavy atom. The molecule has 0 saturated heterocycles. The smallest absolute Gasteiger partial charge is 0.373 e. The van der Waals surface area contributed by atoms with Crippen LogP contribution in [0.15, 0.2) is 0 Å². The molecule has 4 nitrogen and oxygen atoms in total. The third-order valence-corrected chi connectivity index (χ3v) is 8.75. The van der Waals surface area contributed by atoms with Crippen LogP contribution in [-0.2, 0) is 18.1 Å². The molecule has 0 spiro atoms. The van der Waals surface area contributed by atoms with E-state index in [1.807, 2.05) is 0 Å². The highest BCUT2D eigenvalue weighted by atomic mass is 32.2. The molecule has 0 rings (SSSR count). The minimum absolute atomic E-state index is 0.333. The summed E-state index contributed by atoms with van der Waals surface area (Å²) in [7, 11) is -2.64. The van der Waals surface area contributed by atoms with Crippen LogP contribution in [0.25, 0.3) is 0 Å². The first-order chi connectivity index (χ1) is 14.1. The molecular formula is C23H48O4SSi. The fourth-order valence-corrected chi connectivity index (χ4v) is 6.60. The molecular weight excluding hydrogens is 400 g/mol. The van der Waals surface area contributed by atoms with Crippen LogP contribution < -0.4 is 0 Å². The predicted molar refractivity (Wildman–Crippen MR) is 129 cm³/mol. The molecule has 6 heteroatoms. The van der Waals surface area contributed by atoms with Crippen LogP contribution in [0, 0.1) is 0 Å². The van der Waals surface area contributed by atoms with Crippen molar-refractivity contribution in [3.8, 4) is 0 Å². The Labute approximate surface area is 186 Å². The summed E-state index contributed by atoms with van der Waals surface area (Å²) in [6.45, 7) is 10.9. The third kappa shape index (κ3) is 17.5. The van der Waals surface area contributed by atoms with Crippen molar-refractivity contribution < 1.29 is 18.1 Å². The molecule has 0 aliphatic heterocycles. The first kappa shape index (κ1) is 29.1. The van der Waals surface area contributed by atoms with Crippen molar-refractivity contribution >= 4 is 25.7 Å². The number of unbranched alkanes of at least 4 members (excludes halogenated alkanes) is 7. The van der Waals surface area contributed by atoms with E-state index in [-0.39, 0.29) is 0 Å². The standard InChI is InChI=1S/C23H48O4SSi/c1-5-9-13-14-15-17-23(24)28-21-16-22-29(25-18-10-6-2,26-19-11-7-3)27-20-12-8-4/h5-22H2,1-4H3. The van der Waals surface area contributed by atoms with Gasteiger partial charge in [-0.05, 0) is 32.1 Å². The molecule has 29 heavy (non-hydrogen) atoms. The lowest BCUT2D eigenvalue weighted by Gasteiger charge is -2.30. The molecule has 0 aliphatic carbocycles. The van der Waals surface area contributed by atoms with Crippen molar-refractivity contribution in [1.82, 2.24) is 0 Å². The lowest BCUT2D eigenvalue weighted by Crippen LogP contribution is -2.46. The summed E-state index contributed by atoms with van der Waals surface area (Å²) < 4.78 is 18.8. The van der Waals surface area contributed by atoms with Crippen LogP contribution in [0.1, 0.15) is 111 Å². The molecule has 0 aliphatic rings. The minimum Gasteiger partial charge on any atom is -0.373 e. The van der Waals surface area contributed by atoms with Crippen molar-refractivity contribution in [2.45, 2.75) is 117 Å². The number of thioether (sulfide) groups is 1. The number of carbonyl (C=O) groups is 1. The van der Waals surface area contributed by atoms with E-state index in [1.165, 1.54) is 37.4 Å². The first-order valence-corrected chi connectivity index (χ1v) is 15.1. The van der Waals surface area contributed by atoms with Gasteiger partial charge in [0.25, 0.3) is 0 Å². The summed E-state index contributed by atoms with van der Waals surface area (Å²) in [5.74, 6) is 0.841. The van der Waals surface area contributed by atoms with Gasteiger partial charge < -0.3 is 13.3 Å². The second-order valence-electron chi connectivity index (χ2n) is 7.78. The SMILES string of the molecule is CCCCCCCC(=O)SCCC[Si](OCCCC)(OCCCC)OCCCC. The van der Waals surface area contributed by atoms with Crippen LogP contribution in [0.3, 0.4) is 0 Å². The molecule has 0 heterocycles. The fraction of sp³-hybridized carbons (Fsp3) is 0.957. The maximum Gasteiger partial charge on any atom is 0.500 e. The van der Waals surface area contributed by atoms with Crippen molar-refractivity contribution in [1.29, 1.82) is 0 Å². The van der Waals surface area contributed by atoms with E-state index in [4.69, 9.17) is 13.3 Å². The van der Waals surface area contributed by atoms with Gasteiger partial charge in [-0.3, -0.25) is 4.79 Å². The summed E-state index contributed by atoms with van der Waals surface area (Å²) in [5, 5.41) is 0.333. The zero-order valence-electron chi connectivity index (χ0n) is 19.8. The quantitative estimate of drug-likeness (QED) is 0.128. The number of rotatable bonds is 22. The van der Waals surface area contributed by atoms with Crippen molar-refractivity contribution in [2.24, 2.45) is 0 Å². The van der Waals surface area contributed by atoms with E-state index >= 15 is 0 Å². The summed E-state index contributed by atoms with van der Waals surface area (Å²) in [5.41, 5.74) is 0. The number of hydrogen-bond acceptors (Lipinski definition) is 5. The molecule has 0 atom stereocenters. The molecule has 0 radical (unpaired) electrons. The molecule has 0 aromatic heterocycles. The van der Waals surface area contributed by atoms with Crippen LogP contribution in [0.4, 0.5) is 0 Å². The van der Waals surface area contributed by atoms with Crippen LogP contribution in [0.5, 0.6) is 0 Å². The zero-order chi connectivity index (χ0) is 21.6. The van der Waals surface area contributed by atoms with E-state index in [9.17, 15) is 4.79 Å². The minimum atomic E-state index is -2.64. The third-order valence-electron chi connectivity index (χ3n) is 4.83. The van der Waals surface area contributed by atoms with Gasteiger partial charge >= 0.3 is 8.80 Å². The molecule has 0 N–H and O–H groups in total. The summed E-state index contributed by atoms with van der Waals surface area (Å²) in [4.78, 5) is 12.1. The molecule has 0 bridgehead atoms. The van der Waals surface area contributed by atoms with Crippen molar-refractivity contribution in [3.05, 3.63) is 0 Å². The largest absolute Gasteiger partial charge is 0.500 e. The number of hydrogen-bond donors (Lipinski definition) is 0. The molecule has 0 amide bonds. The van der Waals surface area contributed by atoms with E-state index in [1.54, 1.807) is 0 Å². The maximum atomic E-state index is 12.1. The van der Waals surface area contributed by atoms with Gasteiger partial charge in [0, 0.05) is 38.0 Å². The highest BCUT2D eigenvalue weighted by Gasteiger charge is 2.40. The second-order valence-corrected chi connectivity index (χ2v) is 11.7. The van der Waals surface area contributed by atoms with Crippen molar-refractivity contribution in [3.63, 3.8) is 0 Å². The molecule has 0 aromatic rings. The Hall–Kier alpha value is 0.117. The Morgan fingerprint density at radius 2 is 1.14 bits per heavy atom. The zero-order valence-corrected chi connectivity index (χ0v) is 21.6. The van der Waals surface area contributed by atoms with Gasteiger partial charge in [-0.1, -0.05) is 84.4 Å². The van der Waals surface area contributed by atoms with Crippen LogP contribution >= 0.6 is 11.8 Å². The van der Waals surface area contributed by atoms with Gasteiger partial charge in [0.1, 0.15) is 0 Å². The lowest BCUT2D eigenvalue weighted by molar-refractivity contribution is -0.111. The van der Waals surface area contributed by atoms with Gasteiger partial charge in [-0.25, -0.2) is 0 Å². The molecule has 0 unspecified atom stereocenters. The lowest BCUT2D eigenvalue weighted by atomic mass is 10.1. The summed E-state index contributed by atoms with van der Waals surface area (Å²) >= 11 is 1.48. The Morgan fingerprint density at radius 1 is 0.655 bits per heavy atom. The van der Waals surface area contributed by atoms with Crippen molar-refractivity contribution in [2.75, 3.05) is 25.6 Å². The maximum absolute atomic E-state index is 12.1. The van der Waals surface area contributed by atoms with E-state index in [0.717, 1.165) is 63.2 Å². The van der Waals surface area contributed by atoms with E-state index in [2.05, 4.69) is 27.7 Å². The van der Waals surface area contributed by atoms with Crippen LogP contribution in [0.2, 0.25) is 6.04 Å². The Kier molecular flexibility index (Phi) is 21.4. The molecule has 0 fully saturated rings. The second kappa shape index (κ2) is 21.4. The molecule has 174 valence electrons. The molecule has 0 aromatic carbocycles. The van der Waals surface area contributed by atoms with Crippen LogP contribution in [-0.4, -0.2) is 39.5 Å².